The van der Waals surface area contributed by atoms with Crippen LogP contribution in [0.1, 0.15) is 46.5 Å². The van der Waals surface area contributed by atoms with Crippen molar-refractivity contribution in [3.63, 3.8) is 0 Å². The zero-order valence-corrected chi connectivity index (χ0v) is 26.0. The van der Waals surface area contributed by atoms with Crippen molar-refractivity contribution in [3.8, 4) is 0 Å². The third kappa shape index (κ3) is 15.5. The fourth-order valence-corrected chi connectivity index (χ4v) is 4.03. The lowest BCUT2D eigenvalue weighted by molar-refractivity contribution is -0.144. The molecule has 0 spiro atoms. The summed E-state index contributed by atoms with van der Waals surface area (Å²) in [5.74, 6) is -9.48. The lowest BCUT2D eigenvalue weighted by atomic mass is 10.1. The Morgan fingerprint density at radius 3 is 1.49 bits per heavy atom. The molecule has 12 N–H and O–H groups in total. The van der Waals surface area contributed by atoms with E-state index in [2.05, 4.69) is 26.6 Å². The van der Waals surface area contributed by atoms with Gasteiger partial charge in [0.1, 0.15) is 30.2 Å². The van der Waals surface area contributed by atoms with E-state index in [1.807, 2.05) is 0 Å². The number of rotatable bonds is 21. The molecule has 256 valence electrons. The fourth-order valence-electron chi connectivity index (χ4n) is 3.56. The van der Waals surface area contributed by atoms with Gasteiger partial charge in [-0.1, -0.05) is 0 Å². The van der Waals surface area contributed by atoms with E-state index in [4.69, 9.17) is 10.8 Å². The fraction of sp³-hybridized carbons (Fsp3) is 0.680. The lowest BCUT2D eigenvalue weighted by Gasteiger charge is -2.28. The molecule has 0 aliphatic carbocycles. The summed E-state index contributed by atoms with van der Waals surface area (Å²) in [6.45, 7) is 3.44. The standard InChI is InChI=1S/C25H42N6O13S/c1-10(26)20(38)27-13(5-6-16(34)35)21(39)30-19(12(3)33)24(42)31-18(11(2)32)23(41)29-15(9-17(36)37)22(40)28-14(25(43)44)7-8-45-4/h10-15,18-19,32-33H,5-9,26H2,1-4H3,(H,27,38)(H,28,40)(H,29,41)(H,30,39)(H,31,42)(H,34,35)(H,36,37)(H,43,44)/t10-,11+,12+,13-,14-,15-,18-,19-/m0/s1. The van der Waals surface area contributed by atoms with Crippen molar-refractivity contribution in [1.82, 2.24) is 26.6 Å². The maximum absolute atomic E-state index is 13.1. The highest BCUT2D eigenvalue weighted by Crippen LogP contribution is 2.06. The van der Waals surface area contributed by atoms with Crippen LogP contribution in [0.25, 0.3) is 0 Å². The molecule has 0 bridgehead atoms. The van der Waals surface area contributed by atoms with Gasteiger partial charge in [-0.15, -0.1) is 0 Å². The first-order valence-electron chi connectivity index (χ1n) is 13.6. The second-order valence-electron chi connectivity index (χ2n) is 10.1. The first-order valence-corrected chi connectivity index (χ1v) is 15.0. The number of aliphatic carboxylic acids is 3. The first kappa shape index (κ1) is 41.0. The molecule has 0 fully saturated rings. The summed E-state index contributed by atoms with van der Waals surface area (Å²) < 4.78 is 0. The predicted molar refractivity (Wildman–Crippen MR) is 156 cm³/mol. The first-order chi connectivity index (χ1) is 20.8. The molecule has 0 aliphatic heterocycles. The zero-order valence-electron chi connectivity index (χ0n) is 25.1. The van der Waals surface area contributed by atoms with Crippen molar-refractivity contribution in [3.05, 3.63) is 0 Å². The van der Waals surface area contributed by atoms with Gasteiger partial charge in [0.25, 0.3) is 0 Å². The predicted octanol–water partition coefficient (Wildman–Crippen LogP) is -4.30. The highest BCUT2D eigenvalue weighted by Gasteiger charge is 2.36. The van der Waals surface area contributed by atoms with Gasteiger partial charge in [-0.05, 0) is 45.6 Å². The van der Waals surface area contributed by atoms with Gasteiger partial charge < -0.3 is 57.9 Å². The van der Waals surface area contributed by atoms with Gasteiger partial charge in [-0.25, -0.2) is 4.79 Å². The Labute approximate surface area is 262 Å². The van der Waals surface area contributed by atoms with Gasteiger partial charge in [0, 0.05) is 6.42 Å². The minimum Gasteiger partial charge on any atom is -0.481 e. The Bertz CT molecular complexity index is 1090. The van der Waals surface area contributed by atoms with Crippen LogP contribution < -0.4 is 32.3 Å². The molecule has 0 heterocycles. The van der Waals surface area contributed by atoms with Gasteiger partial charge in [0.2, 0.25) is 29.5 Å². The lowest BCUT2D eigenvalue weighted by Crippen LogP contribution is -2.63. The molecule has 20 heteroatoms. The molecular weight excluding hydrogens is 624 g/mol. The van der Waals surface area contributed by atoms with Gasteiger partial charge in [0.05, 0.1) is 24.7 Å². The average Bonchev–Trinajstić information content (AvgIpc) is 2.92. The third-order valence-electron chi connectivity index (χ3n) is 6.06. The van der Waals surface area contributed by atoms with Gasteiger partial charge in [0.15, 0.2) is 0 Å². The quantitative estimate of drug-likeness (QED) is 0.0552. The van der Waals surface area contributed by atoms with E-state index in [1.54, 1.807) is 6.26 Å². The van der Waals surface area contributed by atoms with Crippen molar-refractivity contribution in [1.29, 1.82) is 0 Å². The topological polar surface area (TPSA) is 324 Å². The summed E-state index contributed by atoms with van der Waals surface area (Å²) in [6, 6.07) is -9.52. The number of aliphatic hydroxyl groups is 2. The van der Waals surface area contributed by atoms with Crippen LogP contribution in [0.2, 0.25) is 0 Å². The minimum absolute atomic E-state index is 0.0130. The molecule has 0 rings (SSSR count). The van der Waals surface area contributed by atoms with Crippen molar-refractivity contribution >= 4 is 59.2 Å². The smallest absolute Gasteiger partial charge is 0.326 e. The maximum Gasteiger partial charge on any atom is 0.326 e. The Morgan fingerprint density at radius 1 is 0.622 bits per heavy atom. The summed E-state index contributed by atoms with van der Waals surface area (Å²) >= 11 is 1.30. The molecule has 0 saturated carbocycles. The zero-order chi connectivity index (χ0) is 35.0. The summed E-state index contributed by atoms with van der Waals surface area (Å²) in [5.41, 5.74) is 5.47. The Hall–Kier alpha value is -4.01. The SMILES string of the molecule is CSCC[C@H](NC(=O)[C@H](CC(=O)O)NC(=O)[C@@H](NC(=O)[C@@H](NC(=O)[C@H](CCC(=O)O)NC(=O)[C@H](C)N)[C@@H](C)O)[C@@H](C)O)C(=O)O. The molecule has 0 saturated heterocycles. The van der Waals surface area contributed by atoms with Crippen LogP contribution in [0, 0.1) is 0 Å². The molecule has 0 unspecified atom stereocenters. The molecule has 0 aromatic rings. The molecule has 0 aromatic heterocycles. The summed E-state index contributed by atoms with van der Waals surface area (Å²) in [5, 5.41) is 58.6. The van der Waals surface area contributed by atoms with E-state index in [0.29, 0.717) is 5.75 Å². The molecule has 19 nitrogen and oxygen atoms in total. The van der Waals surface area contributed by atoms with Crippen LogP contribution in [0.3, 0.4) is 0 Å². The molecule has 0 aliphatic rings. The number of carbonyl (C=O) groups is 8. The molecule has 0 radical (unpaired) electrons. The highest BCUT2D eigenvalue weighted by atomic mass is 32.2. The van der Waals surface area contributed by atoms with E-state index in [9.17, 15) is 58.8 Å². The number of nitrogens with two attached hydrogens (primary N) is 1. The average molecular weight is 667 g/mol. The third-order valence-corrected chi connectivity index (χ3v) is 6.70. The van der Waals surface area contributed by atoms with Crippen LogP contribution in [0.5, 0.6) is 0 Å². The number of hydrogen-bond acceptors (Lipinski definition) is 12. The van der Waals surface area contributed by atoms with E-state index >= 15 is 0 Å². The number of hydrogen-bond donors (Lipinski definition) is 11. The molecule has 5 amide bonds. The largest absolute Gasteiger partial charge is 0.481 e. The van der Waals surface area contributed by atoms with Crippen LogP contribution in [0.4, 0.5) is 0 Å². The van der Waals surface area contributed by atoms with Crippen LogP contribution in [-0.2, 0) is 38.4 Å². The molecule has 8 atom stereocenters. The number of amides is 5. The van der Waals surface area contributed by atoms with Crippen molar-refractivity contribution in [2.45, 2.75) is 94.9 Å². The van der Waals surface area contributed by atoms with Crippen molar-refractivity contribution in [2.75, 3.05) is 12.0 Å². The number of thioether (sulfide) groups is 1. The summed E-state index contributed by atoms with van der Waals surface area (Å²) in [7, 11) is 0. The van der Waals surface area contributed by atoms with E-state index in [1.165, 1.54) is 18.7 Å². The Morgan fingerprint density at radius 2 is 1.07 bits per heavy atom. The second-order valence-corrected chi connectivity index (χ2v) is 11.1. The summed E-state index contributed by atoms with van der Waals surface area (Å²) in [4.78, 5) is 97.6. The maximum atomic E-state index is 13.1. The van der Waals surface area contributed by atoms with Gasteiger partial charge in [-0.2, -0.15) is 11.8 Å². The van der Waals surface area contributed by atoms with E-state index < -0.39 is 115 Å². The molecular formula is C25H42N6O13S. The minimum atomic E-state index is -1.88. The number of carboxylic acids is 3. The number of carboxylic acid groups (broad SMARTS) is 3. The van der Waals surface area contributed by atoms with Crippen LogP contribution in [-0.4, -0.2) is 133 Å². The van der Waals surface area contributed by atoms with E-state index in [0.717, 1.165) is 13.8 Å². The van der Waals surface area contributed by atoms with Crippen LogP contribution in [0.15, 0.2) is 0 Å². The van der Waals surface area contributed by atoms with Crippen LogP contribution >= 0.6 is 11.8 Å². The highest BCUT2D eigenvalue weighted by molar-refractivity contribution is 7.98. The van der Waals surface area contributed by atoms with E-state index in [-0.39, 0.29) is 6.42 Å². The second kappa shape index (κ2) is 20.1. The molecule has 0 aromatic carbocycles. The summed E-state index contributed by atoms with van der Waals surface area (Å²) in [6.07, 6.45) is -3.62. The monoisotopic (exact) mass is 666 g/mol. The number of carbonyl (C=O) groups excluding carboxylic acids is 5. The van der Waals surface area contributed by atoms with Gasteiger partial charge >= 0.3 is 17.9 Å². The normalized spacial score (nSPS) is 16.2. The number of aliphatic hydroxyl groups excluding tert-OH is 2. The molecule has 45 heavy (non-hydrogen) atoms. The Kier molecular flexibility index (Phi) is 18.3. The van der Waals surface area contributed by atoms with Gasteiger partial charge in [-0.3, -0.25) is 33.6 Å². The Balaban J connectivity index is 5.92. The van der Waals surface area contributed by atoms with Crippen molar-refractivity contribution < 1.29 is 63.9 Å². The number of nitrogens with one attached hydrogen (secondary N) is 5. The van der Waals surface area contributed by atoms with Crippen molar-refractivity contribution in [2.24, 2.45) is 5.73 Å².